The lowest BCUT2D eigenvalue weighted by Gasteiger charge is -2.06. The summed E-state index contributed by atoms with van der Waals surface area (Å²) in [6.45, 7) is 1.21. The van der Waals surface area contributed by atoms with Crippen molar-refractivity contribution < 1.29 is 4.79 Å². The predicted octanol–water partition coefficient (Wildman–Crippen LogP) is 1.66. The molecule has 2 aromatic rings. The Morgan fingerprint density at radius 2 is 2.21 bits per heavy atom. The second-order valence-electron chi connectivity index (χ2n) is 4.24. The smallest absolute Gasteiger partial charge is 0.250 e. The van der Waals surface area contributed by atoms with E-state index in [0.717, 1.165) is 12.0 Å². The van der Waals surface area contributed by atoms with Crippen molar-refractivity contribution in [1.29, 1.82) is 0 Å². The summed E-state index contributed by atoms with van der Waals surface area (Å²) in [5.41, 5.74) is 1.04. The Morgan fingerprint density at radius 1 is 1.32 bits per heavy atom. The zero-order valence-electron chi connectivity index (χ0n) is 10.5. The molecular weight excluding hydrogens is 260 g/mol. The molecule has 0 atom stereocenters. The summed E-state index contributed by atoms with van der Waals surface area (Å²) in [7, 11) is 0. The number of aromatic nitrogens is 1. The minimum atomic E-state index is -0.00732. The Hall–Kier alpha value is -1.88. The maximum Gasteiger partial charge on any atom is 0.250 e. The van der Waals surface area contributed by atoms with Gasteiger partial charge in [-0.05, 0) is 34.9 Å². The van der Waals surface area contributed by atoms with Crippen LogP contribution in [0.1, 0.15) is 12.0 Å². The van der Waals surface area contributed by atoms with Crippen LogP contribution >= 0.6 is 11.3 Å². The lowest BCUT2D eigenvalue weighted by atomic mass is 10.2. The van der Waals surface area contributed by atoms with Crippen LogP contribution in [-0.2, 0) is 17.8 Å². The molecule has 0 fully saturated rings. The Balaban J connectivity index is 1.68. The van der Waals surface area contributed by atoms with Gasteiger partial charge in [0.15, 0.2) is 0 Å². The van der Waals surface area contributed by atoms with E-state index in [9.17, 15) is 9.59 Å². The third-order valence-electron chi connectivity index (χ3n) is 2.74. The Bertz CT molecular complexity index is 575. The highest BCUT2D eigenvalue weighted by Crippen LogP contribution is 2.06. The number of pyridine rings is 1. The van der Waals surface area contributed by atoms with E-state index < -0.39 is 0 Å². The van der Waals surface area contributed by atoms with Crippen LogP contribution in [0.3, 0.4) is 0 Å². The van der Waals surface area contributed by atoms with Gasteiger partial charge >= 0.3 is 0 Å². The summed E-state index contributed by atoms with van der Waals surface area (Å²) in [5, 5.41) is 6.80. The van der Waals surface area contributed by atoms with Crippen molar-refractivity contribution in [3.8, 4) is 0 Å². The standard InChI is InChI=1S/C14H16N2O2S/c17-13(10-12-5-9-19-11-12)15-6-3-8-16-7-2-1-4-14(16)18/h1-2,4-5,7,9,11H,3,6,8,10H2,(H,15,17). The summed E-state index contributed by atoms with van der Waals surface area (Å²) in [5.74, 6) is 0.0267. The number of carbonyl (C=O) groups is 1. The minimum absolute atomic E-state index is 0.00732. The highest BCUT2D eigenvalue weighted by atomic mass is 32.1. The summed E-state index contributed by atoms with van der Waals surface area (Å²) < 4.78 is 1.64. The molecule has 0 bridgehead atoms. The van der Waals surface area contributed by atoms with Crippen LogP contribution in [0.5, 0.6) is 0 Å². The molecule has 19 heavy (non-hydrogen) atoms. The maximum absolute atomic E-state index is 11.6. The molecule has 0 aliphatic carbocycles. The van der Waals surface area contributed by atoms with Gasteiger partial charge in [0.2, 0.25) is 11.5 Å². The van der Waals surface area contributed by atoms with Gasteiger partial charge in [0.05, 0.1) is 6.42 Å². The molecule has 5 heteroatoms. The fourth-order valence-corrected chi connectivity index (χ4v) is 2.43. The van der Waals surface area contributed by atoms with Gasteiger partial charge in [-0.15, -0.1) is 0 Å². The average Bonchev–Trinajstić information content (AvgIpc) is 2.89. The molecule has 2 aromatic heterocycles. The molecule has 2 rings (SSSR count). The Morgan fingerprint density at radius 3 is 2.95 bits per heavy atom. The van der Waals surface area contributed by atoms with Crippen molar-refractivity contribution in [3.05, 3.63) is 57.1 Å². The van der Waals surface area contributed by atoms with Crippen LogP contribution in [-0.4, -0.2) is 17.0 Å². The van der Waals surface area contributed by atoms with Crippen molar-refractivity contribution in [3.63, 3.8) is 0 Å². The Labute approximate surface area is 115 Å². The molecule has 2 heterocycles. The highest BCUT2D eigenvalue weighted by molar-refractivity contribution is 7.07. The van der Waals surface area contributed by atoms with E-state index in [1.807, 2.05) is 22.9 Å². The van der Waals surface area contributed by atoms with Gasteiger partial charge in [-0.2, -0.15) is 11.3 Å². The minimum Gasteiger partial charge on any atom is -0.356 e. The van der Waals surface area contributed by atoms with Gasteiger partial charge in [0, 0.05) is 25.4 Å². The van der Waals surface area contributed by atoms with Crippen molar-refractivity contribution in [2.45, 2.75) is 19.4 Å². The van der Waals surface area contributed by atoms with Crippen molar-refractivity contribution in [2.24, 2.45) is 0 Å². The molecule has 0 radical (unpaired) electrons. The van der Waals surface area contributed by atoms with Crippen LogP contribution in [0.15, 0.2) is 46.0 Å². The average molecular weight is 276 g/mol. The van der Waals surface area contributed by atoms with Crippen molar-refractivity contribution in [2.75, 3.05) is 6.54 Å². The van der Waals surface area contributed by atoms with E-state index in [0.29, 0.717) is 19.5 Å². The molecule has 0 unspecified atom stereocenters. The number of nitrogens with zero attached hydrogens (tertiary/aromatic N) is 1. The number of hydrogen-bond acceptors (Lipinski definition) is 3. The molecule has 1 N–H and O–H groups in total. The van der Waals surface area contributed by atoms with E-state index in [-0.39, 0.29) is 11.5 Å². The van der Waals surface area contributed by atoms with Crippen LogP contribution in [0.4, 0.5) is 0 Å². The lowest BCUT2D eigenvalue weighted by molar-refractivity contribution is -0.120. The van der Waals surface area contributed by atoms with E-state index in [1.165, 1.54) is 6.07 Å². The molecule has 0 aromatic carbocycles. The second kappa shape index (κ2) is 6.89. The molecule has 0 aliphatic heterocycles. The van der Waals surface area contributed by atoms with Gasteiger partial charge in [-0.3, -0.25) is 9.59 Å². The first kappa shape index (κ1) is 13.5. The summed E-state index contributed by atoms with van der Waals surface area (Å²) >= 11 is 1.59. The fraction of sp³-hybridized carbons (Fsp3) is 0.286. The SMILES string of the molecule is O=C(Cc1ccsc1)NCCCn1ccccc1=O. The first-order chi connectivity index (χ1) is 9.25. The van der Waals surface area contributed by atoms with Gasteiger partial charge in [0.1, 0.15) is 0 Å². The number of thiophene rings is 1. The normalized spacial score (nSPS) is 10.3. The van der Waals surface area contributed by atoms with Crippen LogP contribution in [0.2, 0.25) is 0 Å². The molecule has 0 aliphatic rings. The van der Waals surface area contributed by atoms with Crippen molar-refractivity contribution >= 4 is 17.2 Å². The van der Waals surface area contributed by atoms with E-state index in [4.69, 9.17) is 0 Å². The number of amides is 1. The van der Waals surface area contributed by atoms with Crippen LogP contribution in [0, 0.1) is 0 Å². The second-order valence-corrected chi connectivity index (χ2v) is 5.02. The molecule has 0 saturated heterocycles. The van der Waals surface area contributed by atoms with E-state index >= 15 is 0 Å². The Kier molecular flexibility index (Phi) is 4.92. The zero-order chi connectivity index (χ0) is 13.5. The zero-order valence-corrected chi connectivity index (χ0v) is 11.4. The molecule has 1 amide bonds. The first-order valence-corrected chi connectivity index (χ1v) is 7.13. The number of carbonyl (C=O) groups excluding carboxylic acids is 1. The molecular formula is C14H16N2O2S. The maximum atomic E-state index is 11.6. The quantitative estimate of drug-likeness (QED) is 0.816. The van der Waals surface area contributed by atoms with Gasteiger partial charge < -0.3 is 9.88 Å². The van der Waals surface area contributed by atoms with Gasteiger partial charge in [-0.1, -0.05) is 6.07 Å². The third kappa shape index (κ3) is 4.37. The number of aryl methyl sites for hydroxylation is 1. The molecule has 0 spiro atoms. The first-order valence-electron chi connectivity index (χ1n) is 6.19. The highest BCUT2D eigenvalue weighted by Gasteiger charge is 2.02. The summed E-state index contributed by atoms with van der Waals surface area (Å²) in [6, 6.07) is 7.04. The van der Waals surface area contributed by atoms with Gasteiger partial charge in [0.25, 0.3) is 0 Å². The molecule has 0 saturated carbocycles. The largest absolute Gasteiger partial charge is 0.356 e. The van der Waals surface area contributed by atoms with Crippen LogP contribution < -0.4 is 10.9 Å². The van der Waals surface area contributed by atoms with Gasteiger partial charge in [-0.25, -0.2) is 0 Å². The van der Waals surface area contributed by atoms with E-state index in [1.54, 1.807) is 28.2 Å². The topological polar surface area (TPSA) is 51.1 Å². The monoisotopic (exact) mass is 276 g/mol. The van der Waals surface area contributed by atoms with Crippen LogP contribution in [0.25, 0.3) is 0 Å². The molecule has 4 nitrogen and oxygen atoms in total. The number of hydrogen-bond donors (Lipinski definition) is 1. The summed E-state index contributed by atoms with van der Waals surface area (Å²) in [4.78, 5) is 23.0. The van der Waals surface area contributed by atoms with Crippen molar-refractivity contribution in [1.82, 2.24) is 9.88 Å². The van der Waals surface area contributed by atoms with E-state index in [2.05, 4.69) is 5.32 Å². The fourth-order valence-electron chi connectivity index (χ4n) is 1.76. The predicted molar refractivity (Wildman–Crippen MR) is 76.4 cm³/mol. The number of nitrogens with one attached hydrogen (secondary N) is 1. The lowest BCUT2D eigenvalue weighted by Crippen LogP contribution is -2.27. The summed E-state index contributed by atoms with van der Waals surface area (Å²) in [6.07, 6.45) is 2.93. The molecule has 100 valence electrons. The third-order valence-corrected chi connectivity index (χ3v) is 3.47. The number of rotatable bonds is 6.